The number of rotatable bonds is 2. The number of para-hydroxylation sites is 1. The van der Waals surface area contributed by atoms with E-state index in [9.17, 15) is 5.11 Å². The summed E-state index contributed by atoms with van der Waals surface area (Å²) in [7, 11) is 2.04. The van der Waals surface area contributed by atoms with E-state index >= 15 is 0 Å². The number of aromatic hydroxyl groups is 1. The van der Waals surface area contributed by atoms with Gasteiger partial charge in [0.2, 0.25) is 5.52 Å². The number of fused-ring (bicyclic) bond motifs is 2. The normalized spacial score (nSPS) is 11.6. The van der Waals surface area contributed by atoms with Crippen molar-refractivity contribution in [3.8, 4) is 5.75 Å². The van der Waals surface area contributed by atoms with Crippen molar-refractivity contribution < 1.29 is 9.67 Å². The van der Waals surface area contributed by atoms with E-state index < -0.39 is 0 Å². The zero-order valence-electron chi connectivity index (χ0n) is 14.3. The van der Waals surface area contributed by atoms with E-state index in [0.29, 0.717) is 5.52 Å². The van der Waals surface area contributed by atoms with Crippen LogP contribution in [0.25, 0.3) is 34.0 Å². The van der Waals surface area contributed by atoms with Gasteiger partial charge in [0, 0.05) is 29.3 Å². The van der Waals surface area contributed by atoms with Crippen molar-refractivity contribution in [2.75, 3.05) is 0 Å². The maximum atomic E-state index is 10.6. The molecule has 0 saturated carbocycles. The predicted molar refractivity (Wildman–Crippen MR) is 102 cm³/mol. The van der Waals surface area contributed by atoms with Gasteiger partial charge in [-0.05, 0) is 36.2 Å². The van der Waals surface area contributed by atoms with E-state index in [-0.39, 0.29) is 5.75 Å². The Morgan fingerprint density at radius 2 is 1.72 bits per heavy atom. The van der Waals surface area contributed by atoms with Crippen LogP contribution in [-0.2, 0) is 7.05 Å². The van der Waals surface area contributed by atoms with Gasteiger partial charge in [0.05, 0.1) is 5.39 Å². The summed E-state index contributed by atoms with van der Waals surface area (Å²) in [4.78, 5) is 4.33. The van der Waals surface area contributed by atoms with E-state index in [0.717, 1.165) is 22.1 Å². The smallest absolute Gasteiger partial charge is 0.212 e. The van der Waals surface area contributed by atoms with Crippen LogP contribution in [0.1, 0.15) is 16.7 Å². The third-order valence-corrected chi connectivity index (χ3v) is 4.62. The van der Waals surface area contributed by atoms with Crippen LogP contribution in [0.4, 0.5) is 0 Å². The Morgan fingerprint density at radius 1 is 0.960 bits per heavy atom. The minimum absolute atomic E-state index is 0.225. The van der Waals surface area contributed by atoms with E-state index in [4.69, 9.17) is 0 Å². The zero-order chi connectivity index (χ0) is 17.4. The molecule has 0 bridgehead atoms. The summed E-state index contributed by atoms with van der Waals surface area (Å²) in [5.74, 6) is 0.225. The summed E-state index contributed by atoms with van der Waals surface area (Å²) >= 11 is 0. The summed E-state index contributed by atoms with van der Waals surface area (Å²) in [5.41, 5.74) is 4.81. The fraction of sp³-hybridized carbons (Fsp3) is 0.0909. The van der Waals surface area contributed by atoms with Crippen molar-refractivity contribution >= 4 is 34.0 Å². The summed E-state index contributed by atoms with van der Waals surface area (Å²) in [5, 5.41) is 12.8. The monoisotopic (exact) mass is 327 g/mol. The summed E-state index contributed by atoms with van der Waals surface area (Å²) in [6.07, 6.45) is 7.76. The Bertz CT molecular complexity index is 1130. The minimum Gasteiger partial charge on any atom is -0.505 e. The van der Waals surface area contributed by atoms with Crippen LogP contribution in [0.5, 0.6) is 5.75 Å². The van der Waals surface area contributed by atoms with Gasteiger partial charge < -0.3 is 5.11 Å². The molecule has 3 heteroatoms. The van der Waals surface area contributed by atoms with Crippen LogP contribution >= 0.6 is 0 Å². The number of aromatic nitrogens is 2. The molecule has 0 aliphatic rings. The van der Waals surface area contributed by atoms with E-state index in [1.54, 1.807) is 6.20 Å². The molecule has 25 heavy (non-hydrogen) atoms. The molecule has 0 saturated heterocycles. The number of nitrogens with zero attached hydrogens (tertiary/aromatic N) is 2. The van der Waals surface area contributed by atoms with Crippen molar-refractivity contribution in [2.24, 2.45) is 7.05 Å². The lowest BCUT2D eigenvalue weighted by Gasteiger charge is -2.07. The van der Waals surface area contributed by atoms with Gasteiger partial charge in [0.15, 0.2) is 6.20 Å². The zero-order valence-corrected chi connectivity index (χ0v) is 14.3. The van der Waals surface area contributed by atoms with Gasteiger partial charge in [-0.3, -0.25) is 4.98 Å². The third-order valence-electron chi connectivity index (χ3n) is 4.62. The molecule has 0 aliphatic carbocycles. The highest BCUT2D eigenvalue weighted by atomic mass is 16.3. The number of phenolic OH excluding ortho intramolecular Hbond substituents is 1. The molecule has 4 rings (SSSR count). The Morgan fingerprint density at radius 3 is 2.60 bits per heavy atom. The molecule has 2 aromatic carbocycles. The highest BCUT2D eigenvalue weighted by molar-refractivity contribution is 5.94. The van der Waals surface area contributed by atoms with Gasteiger partial charge in [0.25, 0.3) is 0 Å². The van der Waals surface area contributed by atoms with Gasteiger partial charge >= 0.3 is 0 Å². The molecule has 2 aromatic heterocycles. The molecule has 0 fully saturated rings. The minimum atomic E-state index is 0.225. The molecule has 4 aromatic rings. The van der Waals surface area contributed by atoms with Crippen LogP contribution in [-0.4, -0.2) is 10.1 Å². The van der Waals surface area contributed by atoms with Crippen LogP contribution < -0.4 is 4.57 Å². The van der Waals surface area contributed by atoms with Gasteiger partial charge in [0.1, 0.15) is 18.3 Å². The average Bonchev–Trinajstić information content (AvgIpc) is 2.65. The molecule has 0 aliphatic heterocycles. The van der Waals surface area contributed by atoms with Crippen molar-refractivity contribution in [1.82, 2.24) is 4.98 Å². The molecule has 0 amide bonds. The molecule has 0 radical (unpaired) electrons. The van der Waals surface area contributed by atoms with Crippen LogP contribution in [0, 0.1) is 6.92 Å². The van der Waals surface area contributed by atoms with E-state index in [1.165, 1.54) is 10.9 Å². The quantitative estimate of drug-likeness (QED) is 0.554. The summed E-state index contributed by atoms with van der Waals surface area (Å²) in [6, 6.07) is 16.3. The lowest BCUT2D eigenvalue weighted by atomic mass is 10.0. The fourth-order valence-corrected chi connectivity index (χ4v) is 3.27. The van der Waals surface area contributed by atoms with E-state index in [1.807, 2.05) is 56.5 Å². The number of phenols is 1. The van der Waals surface area contributed by atoms with Gasteiger partial charge in [-0.15, -0.1) is 0 Å². The van der Waals surface area contributed by atoms with Crippen molar-refractivity contribution in [2.45, 2.75) is 6.92 Å². The number of pyridine rings is 2. The summed E-state index contributed by atoms with van der Waals surface area (Å²) in [6.45, 7) is 2.04. The highest BCUT2D eigenvalue weighted by Gasteiger charge is 2.10. The molecule has 1 N–H and O–H groups in total. The second-order valence-electron chi connectivity index (χ2n) is 6.26. The first-order valence-corrected chi connectivity index (χ1v) is 8.28. The molecule has 122 valence electrons. The molecule has 2 heterocycles. The number of hydrogen-bond donors (Lipinski definition) is 1. The van der Waals surface area contributed by atoms with Crippen molar-refractivity contribution in [1.29, 1.82) is 0 Å². The molecular weight excluding hydrogens is 308 g/mol. The van der Waals surface area contributed by atoms with Crippen molar-refractivity contribution in [3.63, 3.8) is 0 Å². The second kappa shape index (κ2) is 6.02. The Balaban J connectivity index is 1.85. The summed E-state index contributed by atoms with van der Waals surface area (Å²) < 4.78 is 2.11. The molecule has 3 nitrogen and oxygen atoms in total. The Hall–Kier alpha value is -3.20. The average molecular weight is 327 g/mol. The maximum absolute atomic E-state index is 10.6. The largest absolute Gasteiger partial charge is 0.505 e. The topological polar surface area (TPSA) is 37.0 Å². The van der Waals surface area contributed by atoms with Gasteiger partial charge in [-0.2, -0.15) is 0 Å². The number of aryl methyl sites for hydroxylation is 2. The fourth-order valence-electron chi connectivity index (χ4n) is 3.27. The maximum Gasteiger partial charge on any atom is 0.212 e. The predicted octanol–water partition coefficient (Wildman–Crippen LogP) is 4.40. The van der Waals surface area contributed by atoms with Crippen LogP contribution in [0.2, 0.25) is 0 Å². The van der Waals surface area contributed by atoms with Crippen LogP contribution in [0.15, 0.2) is 60.9 Å². The number of benzene rings is 2. The van der Waals surface area contributed by atoms with Gasteiger partial charge in [-0.1, -0.05) is 30.4 Å². The van der Waals surface area contributed by atoms with E-state index in [2.05, 4.69) is 33.9 Å². The van der Waals surface area contributed by atoms with Gasteiger partial charge in [-0.25, -0.2) is 4.57 Å². The van der Waals surface area contributed by atoms with Crippen LogP contribution in [0.3, 0.4) is 0 Å². The Labute approximate surface area is 146 Å². The SMILES string of the molecule is Cc1cc(C=Cc2cc[n+](C)c3ccccc23)c(O)c2ncccc12. The first-order valence-electron chi connectivity index (χ1n) is 8.28. The first kappa shape index (κ1) is 15.3. The molecular formula is C22H19N2O+. The highest BCUT2D eigenvalue weighted by Crippen LogP contribution is 2.31. The first-order chi connectivity index (χ1) is 12.1. The number of hydrogen-bond acceptors (Lipinski definition) is 2. The Kier molecular flexibility index (Phi) is 3.69. The molecule has 0 spiro atoms. The third kappa shape index (κ3) is 2.64. The van der Waals surface area contributed by atoms with Crippen molar-refractivity contribution in [3.05, 3.63) is 77.6 Å². The standard InChI is InChI=1S/C22H18N2O/c1-15-14-17(22(25)21-18(15)7-5-12-23-21)10-9-16-11-13-24(2)20-8-4-3-6-19(16)20/h3-14H,1-2H3/p+1. The molecule has 0 unspecified atom stereocenters. The second-order valence-corrected chi connectivity index (χ2v) is 6.26. The lowest BCUT2D eigenvalue weighted by Crippen LogP contribution is -2.28. The molecule has 0 atom stereocenters. The lowest BCUT2D eigenvalue weighted by molar-refractivity contribution is -0.644.